The lowest BCUT2D eigenvalue weighted by molar-refractivity contribution is 0.152. The zero-order chi connectivity index (χ0) is 16.2. The number of aromatic nitrogens is 2. The number of nitrogens with zero attached hydrogens (tertiary/aromatic N) is 3. The SMILES string of the molecule is Cl.c1ccc(-c2nc(CN3CCNCC3c3ccncc3)cs2)cc1. The van der Waals surface area contributed by atoms with Crippen molar-refractivity contribution in [2.24, 2.45) is 0 Å². The highest BCUT2D eigenvalue weighted by Crippen LogP contribution is 2.27. The molecule has 4 nitrogen and oxygen atoms in total. The zero-order valence-corrected chi connectivity index (χ0v) is 15.5. The van der Waals surface area contributed by atoms with Gasteiger partial charge in [0.25, 0.3) is 0 Å². The Hall–Kier alpha value is -1.79. The highest BCUT2D eigenvalue weighted by atomic mass is 35.5. The van der Waals surface area contributed by atoms with Crippen LogP contribution in [0.4, 0.5) is 0 Å². The van der Waals surface area contributed by atoms with Gasteiger partial charge in [-0.1, -0.05) is 30.3 Å². The van der Waals surface area contributed by atoms with E-state index in [0.29, 0.717) is 6.04 Å². The Morgan fingerprint density at radius 1 is 1.12 bits per heavy atom. The molecule has 0 aliphatic carbocycles. The highest BCUT2D eigenvalue weighted by Gasteiger charge is 2.24. The minimum Gasteiger partial charge on any atom is -0.314 e. The van der Waals surface area contributed by atoms with Crippen LogP contribution >= 0.6 is 23.7 Å². The summed E-state index contributed by atoms with van der Waals surface area (Å²) in [5, 5.41) is 6.79. The first-order chi connectivity index (χ1) is 11.9. The van der Waals surface area contributed by atoms with Crippen molar-refractivity contribution < 1.29 is 0 Å². The minimum atomic E-state index is 0. The van der Waals surface area contributed by atoms with Crippen molar-refractivity contribution >= 4 is 23.7 Å². The van der Waals surface area contributed by atoms with Crippen LogP contribution in [-0.4, -0.2) is 34.5 Å². The number of halogens is 1. The predicted octanol–water partition coefficient (Wildman–Crippen LogP) is 3.77. The van der Waals surface area contributed by atoms with Gasteiger partial charge in [-0.05, 0) is 17.7 Å². The monoisotopic (exact) mass is 372 g/mol. The van der Waals surface area contributed by atoms with Crippen LogP contribution in [0.25, 0.3) is 10.6 Å². The van der Waals surface area contributed by atoms with Gasteiger partial charge >= 0.3 is 0 Å². The average Bonchev–Trinajstić information content (AvgIpc) is 3.12. The van der Waals surface area contributed by atoms with Gasteiger partial charge in [-0.3, -0.25) is 9.88 Å². The van der Waals surface area contributed by atoms with Crippen molar-refractivity contribution in [1.82, 2.24) is 20.2 Å². The molecule has 4 rings (SSSR count). The maximum atomic E-state index is 4.85. The summed E-state index contributed by atoms with van der Waals surface area (Å²) in [6.45, 7) is 3.92. The molecule has 1 aliphatic rings. The lowest BCUT2D eigenvalue weighted by atomic mass is 10.0. The predicted molar refractivity (Wildman–Crippen MR) is 105 cm³/mol. The fraction of sp³-hybridized carbons (Fsp3) is 0.263. The minimum absolute atomic E-state index is 0. The van der Waals surface area contributed by atoms with Crippen LogP contribution in [0.15, 0.2) is 60.2 Å². The van der Waals surface area contributed by atoms with Gasteiger partial charge in [0.05, 0.1) is 5.69 Å². The number of rotatable bonds is 4. The number of benzene rings is 1. The smallest absolute Gasteiger partial charge is 0.123 e. The summed E-state index contributed by atoms with van der Waals surface area (Å²) in [4.78, 5) is 11.5. The molecule has 1 saturated heterocycles. The summed E-state index contributed by atoms with van der Waals surface area (Å²) in [7, 11) is 0. The quantitative estimate of drug-likeness (QED) is 0.756. The molecule has 0 saturated carbocycles. The van der Waals surface area contributed by atoms with Crippen molar-refractivity contribution in [3.05, 3.63) is 71.5 Å². The molecule has 1 fully saturated rings. The molecule has 0 bridgehead atoms. The van der Waals surface area contributed by atoms with Crippen LogP contribution in [0.3, 0.4) is 0 Å². The summed E-state index contributed by atoms with van der Waals surface area (Å²) >= 11 is 1.72. The molecule has 0 amide bonds. The van der Waals surface area contributed by atoms with Crippen LogP contribution in [-0.2, 0) is 6.54 Å². The van der Waals surface area contributed by atoms with E-state index in [2.05, 4.69) is 57.0 Å². The van der Waals surface area contributed by atoms with E-state index in [4.69, 9.17) is 4.98 Å². The molecule has 6 heteroatoms. The molecular formula is C19H21ClN4S. The van der Waals surface area contributed by atoms with Crippen molar-refractivity contribution in [3.63, 3.8) is 0 Å². The summed E-state index contributed by atoms with van der Waals surface area (Å²) < 4.78 is 0. The standard InChI is InChI=1S/C19H20N4S.ClH/c1-2-4-16(5-3-1)19-22-17(14-24-19)13-23-11-10-21-12-18(23)15-6-8-20-9-7-15;/h1-9,14,18,21H,10-13H2;1H. The maximum absolute atomic E-state index is 4.85. The first-order valence-electron chi connectivity index (χ1n) is 8.25. The molecule has 1 N–H and O–H groups in total. The molecule has 0 spiro atoms. The van der Waals surface area contributed by atoms with Gasteiger partial charge in [0.1, 0.15) is 5.01 Å². The molecule has 3 heterocycles. The van der Waals surface area contributed by atoms with Gasteiger partial charge in [-0.2, -0.15) is 0 Å². The summed E-state index contributed by atoms with van der Waals surface area (Å²) in [6, 6.07) is 15.0. The fourth-order valence-electron chi connectivity index (χ4n) is 3.15. The molecule has 1 unspecified atom stereocenters. The van der Waals surface area contributed by atoms with Crippen LogP contribution in [0.1, 0.15) is 17.3 Å². The van der Waals surface area contributed by atoms with E-state index in [1.807, 2.05) is 18.5 Å². The van der Waals surface area contributed by atoms with Crippen LogP contribution in [0.5, 0.6) is 0 Å². The fourth-order valence-corrected chi connectivity index (χ4v) is 3.97. The van der Waals surface area contributed by atoms with Gasteiger partial charge in [0, 0.05) is 55.6 Å². The number of nitrogens with one attached hydrogen (secondary N) is 1. The molecule has 130 valence electrons. The first kappa shape index (κ1) is 18.0. The van der Waals surface area contributed by atoms with E-state index in [9.17, 15) is 0 Å². The second kappa shape index (κ2) is 8.54. The number of hydrogen-bond donors (Lipinski definition) is 1. The van der Waals surface area contributed by atoms with E-state index >= 15 is 0 Å². The molecular weight excluding hydrogens is 352 g/mol. The van der Waals surface area contributed by atoms with Crippen LogP contribution in [0, 0.1) is 0 Å². The van der Waals surface area contributed by atoms with Crippen LogP contribution in [0.2, 0.25) is 0 Å². The molecule has 1 aromatic carbocycles. The van der Waals surface area contributed by atoms with E-state index in [1.165, 1.54) is 11.1 Å². The van der Waals surface area contributed by atoms with Crippen LogP contribution < -0.4 is 5.32 Å². The van der Waals surface area contributed by atoms with E-state index in [1.54, 1.807) is 11.3 Å². The topological polar surface area (TPSA) is 41.1 Å². The molecule has 1 atom stereocenters. The average molecular weight is 373 g/mol. The summed E-state index contributed by atoms with van der Waals surface area (Å²) in [5.41, 5.74) is 3.66. The Morgan fingerprint density at radius 2 is 1.92 bits per heavy atom. The van der Waals surface area contributed by atoms with Crippen molar-refractivity contribution in [2.75, 3.05) is 19.6 Å². The lowest BCUT2D eigenvalue weighted by Crippen LogP contribution is -2.45. The number of piperazine rings is 1. The molecule has 0 radical (unpaired) electrons. The van der Waals surface area contributed by atoms with E-state index < -0.39 is 0 Å². The largest absolute Gasteiger partial charge is 0.314 e. The second-order valence-electron chi connectivity index (χ2n) is 5.98. The van der Waals surface area contributed by atoms with Crippen molar-refractivity contribution in [2.45, 2.75) is 12.6 Å². The first-order valence-corrected chi connectivity index (χ1v) is 9.12. The zero-order valence-electron chi connectivity index (χ0n) is 13.8. The molecule has 3 aromatic rings. The van der Waals surface area contributed by atoms with Gasteiger partial charge in [0.2, 0.25) is 0 Å². The van der Waals surface area contributed by atoms with Crippen molar-refractivity contribution in [3.8, 4) is 10.6 Å². The summed E-state index contributed by atoms with van der Waals surface area (Å²) in [5.74, 6) is 0. The third-order valence-electron chi connectivity index (χ3n) is 4.38. The maximum Gasteiger partial charge on any atom is 0.123 e. The van der Waals surface area contributed by atoms with E-state index in [0.717, 1.165) is 36.9 Å². The number of hydrogen-bond acceptors (Lipinski definition) is 5. The Bertz CT molecular complexity index is 778. The van der Waals surface area contributed by atoms with Gasteiger partial charge in [-0.25, -0.2) is 4.98 Å². The Balaban J connectivity index is 0.00000182. The third-order valence-corrected chi connectivity index (χ3v) is 5.32. The second-order valence-corrected chi connectivity index (χ2v) is 6.84. The normalized spacial score (nSPS) is 17.8. The molecule has 1 aliphatic heterocycles. The molecule has 2 aromatic heterocycles. The lowest BCUT2D eigenvalue weighted by Gasteiger charge is -2.36. The van der Waals surface area contributed by atoms with Gasteiger partial charge in [-0.15, -0.1) is 23.7 Å². The van der Waals surface area contributed by atoms with Gasteiger partial charge in [0.15, 0.2) is 0 Å². The summed E-state index contributed by atoms with van der Waals surface area (Å²) in [6.07, 6.45) is 3.75. The third kappa shape index (κ3) is 4.25. The number of thiazole rings is 1. The highest BCUT2D eigenvalue weighted by molar-refractivity contribution is 7.13. The molecule has 25 heavy (non-hydrogen) atoms. The van der Waals surface area contributed by atoms with Crippen molar-refractivity contribution in [1.29, 1.82) is 0 Å². The van der Waals surface area contributed by atoms with E-state index in [-0.39, 0.29) is 12.4 Å². The Labute approximate surface area is 158 Å². The number of pyridine rings is 1. The Morgan fingerprint density at radius 3 is 2.72 bits per heavy atom. The van der Waals surface area contributed by atoms with Gasteiger partial charge < -0.3 is 5.32 Å². The Kier molecular flexibility index (Phi) is 6.15.